The number of fused-ring (bicyclic) bond motifs is 1. The van der Waals surface area contributed by atoms with Crippen molar-refractivity contribution in [1.29, 1.82) is 0 Å². The lowest BCUT2D eigenvalue weighted by Gasteiger charge is -2.30. The molecule has 5 heteroatoms. The SMILES string of the molecule is Nc1cccc2c1CCCN2C(=O)c1cccc(Cl)c1F. The van der Waals surface area contributed by atoms with Crippen molar-refractivity contribution in [3.63, 3.8) is 0 Å². The summed E-state index contributed by atoms with van der Waals surface area (Å²) in [5.41, 5.74) is 8.31. The van der Waals surface area contributed by atoms with E-state index in [1.165, 1.54) is 12.1 Å². The molecule has 21 heavy (non-hydrogen) atoms. The number of nitrogens with zero attached hydrogens (tertiary/aromatic N) is 1. The van der Waals surface area contributed by atoms with Crippen molar-refractivity contribution in [3.05, 3.63) is 58.4 Å². The molecule has 1 aliphatic rings. The van der Waals surface area contributed by atoms with Crippen LogP contribution in [0.5, 0.6) is 0 Å². The molecule has 0 radical (unpaired) electrons. The molecule has 0 saturated carbocycles. The van der Waals surface area contributed by atoms with E-state index < -0.39 is 5.82 Å². The predicted molar refractivity (Wildman–Crippen MR) is 82.3 cm³/mol. The van der Waals surface area contributed by atoms with Gasteiger partial charge < -0.3 is 10.6 Å². The number of rotatable bonds is 1. The molecule has 2 aromatic rings. The first-order valence-corrected chi connectivity index (χ1v) is 7.10. The highest BCUT2D eigenvalue weighted by Crippen LogP contribution is 2.32. The fraction of sp³-hybridized carbons (Fsp3) is 0.188. The summed E-state index contributed by atoms with van der Waals surface area (Å²) in [6, 6.07) is 9.90. The Balaban J connectivity index is 2.05. The molecule has 1 aliphatic heterocycles. The number of nitrogens with two attached hydrogens (primary N) is 1. The van der Waals surface area contributed by atoms with E-state index in [2.05, 4.69) is 0 Å². The number of anilines is 2. The largest absolute Gasteiger partial charge is 0.398 e. The van der Waals surface area contributed by atoms with Gasteiger partial charge in [0.2, 0.25) is 0 Å². The van der Waals surface area contributed by atoms with E-state index in [9.17, 15) is 9.18 Å². The van der Waals surface area contributed by atoms with Crippen molar-refractivity contribution in [3.8, 4) is 0 Å². The zero-order valence-corrected chi connectivity index (χ0v) is 12.0. The van der Waals surface area contributed by atoms with Crippen LogP contribution in [0.3, 0.4) is 0 Å². The number of hydrogen-bond donors (Lipinski definition) is 1. The fourth-order valence-corrected chi connectivity index (χ4v) is 2.85. The van der Waals surface area contributed by atoms with Crippen molar-refractivity contribution in [2.24, 2.45) is 0 Å². The lowest BCUT2D eigenvalue weighted by atomic mass is 9.99. The van der Waals surface area contributed by atoms with Crippen LogP contribution in [0.4, 0.5) is 15.8 Å². The van der Waals surface area contributed by atoms with Crippen LogP contribution in [-0.4, -0.2) is 12.5 Å². The molecule has 0 bridgehead atoms. The molecule has 0 spiro atoms. The number of carbonyl (C=O) groups excluding carboxylic acids is 1. The Morgan fingerprint density at radius 3 is 2.81 bits per heavy atom. The lowest BCUT2D eigenvalue weighted by molar-refractivity contribution is 0.0981. The first-order chi connectivity index (χ1) is 10.1. The third-order valence-electron chi connectivity index (χ3n) is 3.71. The second kappa shape index (κ2) is 5.37. The molecule has 0 saturated heterocycles. The Bertz CT molecular complexity index is 717. The third-order valence-corrected chi connectivity index (χ3v) is 4.01. The summed E-state index contributed by atoms with van der Waals surface area (Å²) in [5, 5.41) is -0.0503. The van der Waals surface area contributed by atoms with Gasteiger partial charge in [-0.05, 0) is 42.7 Å². The first-order valence-electron chi connectivity index (χ1n) is 6.73. The molecule has 3 nitrogen and oxygen atoms in total. The summed E-state index contributed by atoms with van der Waals surface area (Å²) in [4.78, 5) is 14.2. The van der Waals surface area contributed by atoms with Crippen LogP contribution in [0.15, 0.2) is 36.4 Å². The van der Waals surface area contributed by atoms with Crippen LogP contribution < -0.4 is 10.6 Å². The maximum Gasteiger partial charge on any atom is 0.261 e. The van der Waals surface area contributed by atoms with E-state index in [-0.39, 0.29) is 16.5 Å². The van der Waals surface area contributed by atoms with Crippen LogP contribution in [0.1, 0.15) is 22.3 Å². The second-order valence-electron chi connectivity index (χ2n) is 5.01. The van der Waals surface area contributed by atoms with E-state index in [1.54, 1.807) is 17.0 Å². The van der Waals surface area contributed by atoms with Crippen molar-refractivity contribution in [1.82, 2.24) is 0 Å². The van der Waals surface area contributed by atoms with E-state index in [0.29, 0.717) is 12.2 Å². The molecular formula is C16H14ClFN2O. The minimum absolute atomic E-state index is 0.0159. The van der Waals surface area contributed by atoms with Gasteiger partial charge in [-0.15, -0.1) is 0 Å². The molecule has 3 rings (SSSR count). The average molecular weight is 305 g/mol. The van der Waals surface area contributed by atoms with Gasteiger partial charge in [-0.1, -0.05) is 23.7 Å². The number of benzene rings is 2. The Morgan fingerprint density at radius 1 is 1.24 bits per heavy atom. The standard InChI is InChI=1S/C16H14ClFN2O/c17-12-6-1-4-11(15(12)18)16(21)20-9-3-5-10-13(19)7-2-8-14(10)20/h1-2,4,6-8H,3,5,9,19H2. The van der Waals surface area contributed by atoms with Crippen molar-refractivity contribution >= 4 is 28.9 Å². The van der Waals surface area contributed by atoms with Crippen LogP contribution in [0.25, 0.3) is 0 Å². The smallest absolute Gasteiger partial charge is 0.261 e. The van der Waals surface area contributed by atoms with Gasteiger partial charge in [0.05, 0.1) is 10.6 Å². The van der Waals surface area contributed by atoms with Gasteiger partial charge in [-0.3, -0.25) is 4.79 Å². The number of amides is 1. The third kappa shape index (κ3) is 2.36. The lowest BCUT2D eigenvalue weighted by Crippen LogP contribution is -2.36. The van der Waals surface area contributed by atoms with Gasteiger partial charge >= 0.3 is 0 Å². The molecule has 1 heterocycles. The van der Waals surface area contributed by atoms with E-state index in [4.69, 9.17) is 17.3 Å². The van der Waals surface area contributed by atoms with Crippen molar-refractivity contribution in [2.45, 2.75) is 12.8 Å². The first kappa shape index (κ1) is 13.9. The van der Waals surface area contributed by atoms with E-state index >= 15 is 0 Å². The van der Waals surface area contributed by atoms with Crippen LogP contribution >= 0.6 is 11.6 Å². The van der Waals surface area contributed by atoms with Gasteiger partial charge in [0.15, 0.2) is 5.82 Å². The van der Waals surface area contributed by atoms with E-state index in [0.717, 1.165) is 24.1 Å². The van der Waals surface area contributed by atoms with Gasteiger partial charge in [0, 0.05) is 17.9 Å². The Hall–Kier alpha value is -2.07. The zero-order valence-electron chi connectivity index (χ0n) is 11.3. The number of carbonyl (C=O) groups is 1. The molecule has 2 N–H and O–H groups in total. The molecular weight excluding hydrogens is 291 g/mol. The molecule has 2 aromatic carbocycles. The number of halogens is 2. The van der Waals surface area contributed by atoms with Gasteiger partial charge in [-0.2, -0.15) is 0 Å². The van der Waals surface area contributed by atoms with Crippen molar-refractivity contribution in [2.75, 3.05) is 17.2 Å². The molecule has 0 atom stereocenters. The fourth-order valence-electron chi connectivity index (χ4n) is 2.68. The summed E-state index contributed by atoms with van der Waals surface area (Å²) < 4.78 is 14.1. The molecule has 0 aliphatic carbocycles. The second-order valence-corrected chi connectivity index (χ2v) is 5.41. The van der Waals surface area contributed by atoms with Crippen LogP contribution in [0, 0.1) is 5.82 Å². The monoisotopic (exact) mass is 304 g/mol. The average Bonchev–Trinajstić information content (AvgIpc) is 2.49. The predicted octanol–water partition coefficient (Wildman–Crippen LogP) is 3.65. The highest BCUT2D eigenvalue weighted by atomic mass is 35.5. The molecule has 1 amide bonds. The van der Waals surface area contributed by atoms with Crippen LogP contribution in [-0.2, 0) is 6.42 Å². The van der Waals surface area contributed by atoms with Crippen molar-refractivity contribution < 1.29 is 9.18 Å². The van der Waals surface area contributed by atoms with E-state index in [1.807, 2.05) is 12.1 Å². The maximum absolute atomic E-state index is 14.1. The summed E-state index contributed by atoms with van der Waals surface area (Å²) in [6.45, 7) is 0.543. The minimum Gasteiger partial charge on any atom is -0.398 e. The highest BCUT2D eigenvalue weighted by Gasteiger charge is 2.26. The number of nitrogen functional groups attached to an aromatic ring is 1. The Morgan fingerprint density at radius 2 is 2.00 bits per heavy atom. The quantitative estimate of drug-likeness (QED) is 0.817. The molecule has 0 fully saturated rings. The van der Waals surface area contributed by atoms with Gasteiger partial charge in [0.1, 0.15) is 0 Å². The maximum atomic E-state index is 14.1. The highest BCUT2D eigenvalue weighted by molar-refractivity contribution is 6.31. The topological polar surface area (TPSA) is 46.3 Å². The number of hydrogen-bond acceptors (Lipinski definition) is 2. The summed E-state index contributed by atoms with van der Waals surface area (Å²) in [6.07, 6.45) is 1.62. The minimum atomic E-state index is -0.680. The molecule has 0 aromatic heterocycles. The summed E-state index contributed by atoms with van der Waals surface area (Å²) in [5.74, 6) is -1.07. The van der Waals surface area contributed by atoms with Crippen LogP contribution in [0.2, 0.25) is 5.02 Å². The molecule has 0 unspecified atom stereocenters. The Labute approximate surface area is 127 Å². The normalized spacial score (nSPS) is 13.9. The summed E-state index contributed by atoms with van der Waals surface area (Å²) in [7, 11) is 0. The molecule has 108 valence electrons. The Kier molecular flexibility index (Phi) is 3.55. The zero-order chi connectivity index (χ0) is 15.0. The van der Waals surface area contributed by atoms with Gasteiger partial charge in [0.25, 0.3) is 5.91 Å². The van der Waals surface area contributed by atoms with Gasteiger partial charge in [-0.25, -0.2) is 4.39 Å². The summed E-state index contributed by atoms with van der Waals surface area (Å²) >= 11 is 5.76.